The Morgan fingerprint density at radius 1 is 1.04 bits per heavy atom. The number of ether oxygens (including phenoxy) is 2. The molecule has 1 aliphatic carbocycles. The van der Waals surface area contributed by atoms with Gasteiger partial charge in [-0.15, -0.1) is 0 Å². The van der Waals surface area contributed by atoms with Crippen molar-refractivity contribution in [2.75, 3.05) is 18.1 Å². The Morgan fingerprint density at radius 3 is 2.49 bits per heavy atom. The molecule has 4 atom stereocenters. The first-order chi connectivity index (χ1) is 27.4. The fourth-order valence-corrected chi connectivity index (χ4v) is 8.57. The summed E-state index contributed by atoms with van der Waals surface area (Å²) in [6.45, 7) is 2.60. The quantitative estimate of drug-likeness (QED) is 0.0639. The maximum atomic E-state index is 14.1. The number of benzene rings is 2. The number of nitrogens with two attached hydrogens (primary N) is 2. The lowest BCUT2D eigenvalue weighted by molar-refractivity contribution is -0.159. The zero-order valence-electron chi connectivity index (χ0n) is 32.0. The number of aromatic hydroxyl groups is 2. The van der Waals surface area contributed by atoms with Gasteiger partial charge >= 0.3 is 5.97 Å². The number of aromatic nitrogens is 2. The minimum absolute atomic E-state index is 0.0330. The Kier molecular flexibility index (Phi) is 11.2. The fourth-order valence-electron chi connectivity index (χ4n) is 8.57. The van der Waals surface area contributed by atoms with Gasteiger partial charge in [0.15, 0.2) is 5.43 Å². The van der Waals surface area contributed by atoms with Crippen LogP contribution < -0.4 is 21.6 Å². The second-order valence-electron chi connectivity index (χ2n) is 15.2. The van der Waals surface area contributed by atoms with Crippen LogP contribution in [0.4, 0.5) is 11.6 Å². The van der Waals surface area contributed by atoms with Crippen molar-refractivity contribution < 1.29 is 39.1 Å². The van der Waals surface area contributed by atoms with Gasteiger partial charge in [0.25, 0.3) is 0 Å². The molecule has 57 heavy (non-hydrogen) atoms. The van der Waals surface area contributed by atoms with E-state index in [1.165, 1.54) is 18.3 Å². The number of aliphatic hydroxyl groups is 2. The number of fused-ring (bicyclic) bond motifs is 2. The molecule has 5 aromatic rings. The normalized spacial score (nSPS) is 19.5. The summed E-state index contributed by atoms with van der Waals surface area (Å²) in [5.41, 5.74) is 13.2. The molecule has 4 heterocycles. The molecule has 13 heteroatoms. The second-order valence-corrected chi connectivity index (χ2v) is 15.2. The number of phenolic OH excluding ortho intramolecular Hbond substituents is 2. The summed E-state index contributed by atoms with van der Waals surface area (Å²) in [4.78, 5) is 36.5. The minimum Gasteiger partial charge on any atom is -0.508 e. The molecular formula is C44H48N4O9. The van der Waals surface area contributed by atoms with Crippen LogP contribution in [0, 0.1) is 5.92 Å². The zero-order chi connectivity index (χ0) is 40.4. The highest BCUT2D eigenvalue weighted by Gasteiger charge is 2.48. The molecule has 7 rings (SSSR count). The largest absolute Gasteiger partial charge is 0.508 e. The lowest BCUT2D eigenvalue weighted by Crippen LogP contribution is -2.52. The van der Waals surface area contributed by atoms with Crippen LogP contribution in [0.3, 0.4) is 0 Å². The van der Waals surface area contributed by atoms with Crippen LogP contribution in [-0.4, -0.2) is 54.7 Å². The van der Waals surface area contributed by atoms with Gasteiger partial charge in [-0.1, -0.05) is 37.1 Å². The number of nitrogens with zero attached hydrogens (tertiary/aromatic N) is 2. The highest BCUT2D eigenvalue weighted by Crippen LogP contribution is 2.53. The molecular weight excluding hydrogens is 729 g/mol. The monoisotopic (exact) mass is 776 g/mol. The molecule has 0 spiro atoms. The molecule has 3 aromatic heterocycles. The number of hydrogen-bond acceptors (Lipinski definition) is 13. The molecule has 1 aliphatic heterocycles. The second kappa shape index (κ2) is 16.3. The van der Waals surface area contributed by atoms with E-state index < -0.39 is 53.9 Å². The summed E-state index contributed by atoms with van der Waals surface area (Å²) in [6, 6.07) is 14.5. The number of phenols is 2. The van der Waals surface area contributed by atoms with E-state index in [9.17, 15) is 30.0 Å². The van der Waals surface area contributed by atoms with Gasteiger partial charge in [0.05, 0.1) is 6.61 Å². The van der Waals surface area contributed by atoms with Crippen LogP contribution >= 0.6 is 0 Å². The maximum Gasteiger partial charge on any atom is 0.334 e. The molecule has 1 saturated carbocycles. The summed E-state index contributed by atoms with van der Waals surface area (Å²) >= 11 is 0. The number of hydrogen-bond donors (Lipinski definition) is 6. The minimum atomic E-state index is -1.25. The third-order valence-electron chi connectivity index (χ3n) is 11.6. The number of allylic oxidation sites excluding steroid dienone is 1. The molecule has 0 bridgehead atoms. The van der Waals surface area contributed by atoms with E-state index in [1.807, 2.05) is 26.0 Å². The van der Waals surface area contributed by atoms with Crippen LogP contribution in [0.15, 0.2) is 87.9 Å². The molecule has 0 amide bonds. The lowest BCUT2D eigenvalue weighted by Gasteiger charge is -2.44. The van der Waals surface area contributed by atoms with Gasteiger partial charge in [0.2, 0.25) is 0 Å². The van der Waals surface area contributed by atoms with Crippen molar-refractivity contribution in [1.29, 1.82) is 0 Å². The third-order valence-corrected chi connectivity index (χ3v) is 11.6. The number of pyridine rings is 2. The maximum absolute atomic E-state index is 14.1. The number of aryl methyl sites for hydroxylation is 1. The van der Waals surface area contributed by atoms with E-state index in [4.69, 9.17) is 25.4 Å². The number of rotatable bonds is 12. The summed E-state index contributed by atoms with van der Waals surface area (Å²) in [5.74, 6) is -1.92. The molecule has 13 nitrogen and oxygen atoms in total. The SMILES string of the molecule is C/C=C(\C(=O)O[C@@H]1Cc2c(c([C@@H](c3ccnc(N)c3)[C@H](CO)c3cccc(O)c3)c3oc(CO)cc(=O)c3c2O)O[C@@]1(C)CCc1ccc(N)nc1)C1CCCC1. The number of esters is 1. The summed E-state index contributed by atoms with van der Waals surface area (Å²) < 4.78 is 19.8. The average Bonchev–Trinajstić information content (AvgIpc) is 3.73. The molecule has 8 N–H and O–H groups in total. The van der Waals surface area contributed by atoms with Gasteiger partial charge < -0.3 is 45.8 Å². The van der Waals surface area contributed by atoms with Crippen LogP contribution in [-0.2, 0) is 29.0 Å². The van der Waals surface area contributed by atoms with Crippen LogP contribution in [0.5, 0.6) is 17.2 Å². The number of anilines is 2. The van der Waals surface area contributed by atoms with E-state index in [-0.39, 0.29) is 57.5 Å². The predicted molar refractivity (Wildman–Crippen MR) is 214 cm³/mol. The predicted octanol–water partition coefficient (Wildman–Crippen LogP) is 5.93. The topological polar surface area (TPSA) is 224 Å². The van der Waals surface area contributed by atoms with Gasteiger partial charge in [-0.25, -0.2) is 14.8 Å². The van der Waals surface area contributed by atoms with Crippen molar-refractivity contribution in [2.45, 2.75) is 88.9 Å². The molecule has 2 aliphatic rings. The molecule has 0 unspecified atom stereocenters. The Labute approximate surface area is 329 Å². The van der Waals surface area contributed by atoms with Gasteiger partial charge in [-0.3, -0.25) is 4.79 Å². The first-order valence-corrected chi connectivity index (χ1v) is 19.3. The van der Waals surface area contributed by atoms with E-state index in [0.717, 1.165) is 37.3 Å². The van der Waals surface area contributed by atoms with Gasteiger partial charge in [0, 0.05) is 53.4 Å². The molecule has 0 saturated heterocycles. The highest BCUT2D eigenvalue weighted by molar-refractivity contribution is 5.92. The van der Waals surface area contributed by atoms with Crippen LogP contribution in [0.2, 0.25) is 0 Å². The first-order valence-electron chi connectivity index (χ1n) is 19.3. The smallest absolute Gasteiger partial charge is 0.334 e. The van der Waals surface area contributed by atoms with E-state index in [0.29, 0.717) is 35.4 Å². The Morgan fingerprint density at radius 2 is 1.82 bits per heavy atom. The van der Waals surface area contributed by atoms with Crippen molar-refractivity contribution in [2.24, 2.45) is 5.92 Å². The summed E-state index contributed by atoms with van der Waals surface area (Å²) in [7, 11) is 0. The van der Waals surface area contributed by atoms with Crippen molar-refractivity contribution in [3.63, 3.8) is 0 Å². The van der Waals surface area contributed by atoms with Crippen LogP contribution in [0.1, 0.15) is 91.4 Å². The van der Waals surface area contributed by atoms with Crippen molar-refractivity contribution in [3.05, 3.63) is 122 Å². The van der Waals surface area contributed by atoms with Gasteiger partial charge in [-0.05, 0) is 92.5 Å². The third kappa shape index (κ3) is 7.77. The molecule has 2 aromatic carbocycles. The van der Waals surface area contributed by atoms with Crippen molar-refractivity contribution >= 4 is 28.6 Å². The van der Waals surface area contributed by atoms with Gasteiger partial charge in [0.1, 0.15) is 63.9 Å². The average molecular weight is 777 g/mol. The lowest BCUT2D eigenvalue weighted by atomic mass is 9.74. The number of nitrogen functional groups attached to an aromatic ring is 2. The first kappa shape index (κ1) is 39.3. The summed E-state index contributed by atoms with van der Waals surface area (Å²) in [5, 5.41) is 44.0. The fraction of sp³-hybridized carbons (Fsp3) is 0.364. The van der Waals surface area contributed by atoms with Crippen molar-refractivity contribution in [1.82, 2.24) is 9.97 Å². The number of aliphatic hydroxyl groups excluding tert-OH is 2. The molecule has 0 radical (unpaired) electrons. The zero-order valence-corrected chi connectivity index (χ0v) is 32.0. The molecule has 1 fully saturated rings. The summed E-state index contributed by atoms with van der Waals surface area (Å²) in [6.07, 6.45) is 8.58. The van der Waals surface area contributed by atoms with E-state index >= 15 is 0 Å². The van der Waals surface area contributed by atoms with E-state index in [1.54, 1.807) is 36.5 Å². The van der Waals surface area contributed by atoms with E-state index in [2.05, 4.69) is 9.97 Å². The highest BCUT2D eigenvalue weighted by atomic mass is 16.6. The number of carbonyl (C=O) groups excluding carboxylic acids is 1. The van der Waals surface area contributed by atoms with Crippen LogP contribution in [0.25, 0.3) is 11.0 Å². The standard InChI is InChI=1S/C44H48N4O9/c1-3-30(25-7-4-5-8-25)43(54)56-34-20-31-40(53)38-33(52)19-29(22-49)55-42(38)39(41(31)57-44(34,2)15-13-24-11-12-35(45)48-21-24)37(27-14-16-47-36(46)18-27)32(23-50)26-9-6-10-28(51)17-26/h3,6,9-12,14,16-19,21,25,32,34,37,49-51,53H,4-5,7-8,13,15,20,22-23H2,1-2H3,(H2,45,48)(H2,46,47)/b30-3-/t32-,34-,37+,44+/m1/s1. The number of carbonyl (C=O) groups is 1. The van der Waals surface area contributed by atoms with Gasteiger partial charge in [-0.2, -0.15) is 0 Å². The Balaban J connectivity index is 1.48. The Bertz CT molecular complexity index is 2370. The Hall–Kier alpha value is -5.92. The molecule has 298 valence electrons. The van der Waals surface area contributed by atoms with Crippen molar-refractivity contribution in [3.8, 4) is 17.2 Å².